The largest absolute Gasteiger partial charge is 0.481 e. The maximum absolute atomic E-state index is 11.9. The summed E-state index contributed by atoms with van der Waals surface area (Å²) in [5.41, 5.74) is 0.792. The number of amides is 1. The van der Waals surface area contributed by atoms with E-state index in [1.165, 1.54) is 0 Å². The molecular weight excluding hydrogens is 301 g/mol. The second-order valence-corrected chi connectivity index (χ2v) is 5.35. The van der Waals surface area contributed by atoms with Crippen molar-refractivity contribution in [2.75, 3.05) is 7.05 Å². The molecule has 0 radical (unpaired) electrons. The molecule has 0 fully saturated rings. The monoisotopic (exact) mass is 317 g/mol. The van der Waals surface area contributed by atoms with Crippen molar-refractivity contribution < 1.29 is 14.7 Å². The molecule has 0 saturated heterocycles. The van der Waals surface area contributed by atoms with Gasteiger partial charge >= 0.3 is 5.97 Å². The third-order valence-electron chi connectivity index (χ3n) is 2.90. The van der Waals surface area contributed by atoms with Crippen molar-refractivity contribution in [3.8, 4) is 0 Å². The number of carboxylic acid groups (broad SMARTS) is 1. The van der Waals surface area contributed by atoms with E-state index in [-0.39, 0.29) is 12.3 Å². The van der Waals surface area contributed by atoms with Gasteiger partial charge in [0.2, 0.25) is 5.91 Å². The zero-order chi connectivity index (χ0) is 15.1. The molecule has 20 heavy (non-hydrogen) atoms. The van der Waals surface area contributed by atoms with Gasteiger partial charge in [-0.25, -0.2) is 0 Å². The number of rotatable bonds is 7. The fourth-order valence-electron chi connectivity index (χ4n) is 1.76. The standard InChI is InChI=1S/C14H17Cl2NO3/c1-17(12(18)7-2-3-8-13(19)20)9-10-5-4-6-11(15)14(10)16/h4-6H,2-3,7-9H2,1H3,(H,19,20). The highest BCUT2D eigenvalue weighted by molar-refractivity contribution is 6.42. The average molecular weight is 318 g/mol. The summed E-state index contributed by atoms with van der Waals surface area (Å²) in [7, 11) is 1.69. The molecular formula is C14H17Cl2NO3. The first-order valence-corrected chi connectivity index (χ1v) is 7.06. The molecule has 4 nitrogen and oxygen atoms in total. The van der Waals surface area contributed by atoms with E-state index < -0.39 is 5.97 Å². The number of unbranched alkanes of at least 4 members (excludes halogenated alkanes) is 1. The molecule has 0 aliphatic carbocycles. The van der Waals surface area contributed by atoms with Crippen LogP contribution in [0.5, 0.6) is 0 Å². The molecule has 0 bridgehead atoms. The van der Waals surface area contributed by atoms with E-state index in [1.807, 2.05) is 6.07 Å². The molecule has 6 heteroatoms. The minimum Gasteiger partial charge on any atom is -0.481 e. The Hall–Kier alpha value is -1.26. The van der Waals surface area contributed by atoms with Crippen molar-refractivity contribution in [3.05, 3.63) is 33.8 Å². The van der Waals surface area contributed by atoms with Crippen LogP contribution in [0.2, 0.25) is 10.0 Å². The van der Waals surface area contributed by atoms with E-state index in [2.05, 4.69) is 0 Å². The molecule has 0 saturated carbocycles. The Morgan fingerprint density at radius 3 is 2.50 bits per heavy atom. The van der Waals surface area contributed by atoms with Gasteiger partial charge in [0.25, 0.3) is 0 Å². The van der Waals surface area contributed by atoms with Gasteiger partial charge < -0.3 is 10.0 Å². The van der Waals surface area contributed by atoms with Crippen LogP contribution in [-0.2, 0) is 16.1 Å². The summed E-state index contributed by atoms with van der Waals surface area (Å²) < 4.78 is 0. The summed E-state index contributed by atoms with van der Waals surface area (Å²) >= 11 is 12.0. The predicted molar refractivity (Wildman–Crippen MR) is 79.0 cm³/mol. The molecule has 0 unspecified atom stereocenters. The van der Waals surface area contributed by atoms with Crippen LogP contribution < -0.4 is 0 Å². The van der Waals surface area contributed by atoms with E-state index in [1.54, 1.807) is 24.1 Å². The van der Waals surface area contributed by atoms with Crippen molar-refractivity contribution in [2.45, 2.75) is 32.2 Å². The Labute approximate surface area is 128 Å². The van der Waals surface area contributed by atoms with Crippen molar-refractivity contribution in [3.63, 3.8) is 0 Å². The fraction of sp³-hybridized carbons (Fsp3) is 0.429. The van der Waals surface area contributed by atoms with E-state index in [0.717, 1.165) is 5.56 Å². The van der Waals surface area contributed by atoms with Gasteiger partial charge in [0.1, 0.15) is 0 Å². The second-order valence-electron chi connectivity index (χ2n) is 4.56. The number of halogens is 2. The highest BCUT2D eigenvalue weighted by Gasteiger charge is 2.12. The molecule has 0 atom stereocenters. The van der Waals surface area contributed by atoms with Crippen LogP contribution in [0, 0.1) is 0 Å². The molecule has 1 amide bonds. The van der Waals surface area contributed by atoms with Crippen LogP contribution in [0.1, 0.15) is 31.2 Å². The summed E-state index contributed by atoms with van der Waals surface area (Å²) in [6.07, 6.45) is 1.50. The maximum atomic E-state index is 11.9. The first-order valence-electron chi connectivity index (χ1n) is 6.30. The summed E-state index contributed by atoms with van der Waals surface area (Å²) in [4.78, 5) is 23.8. The van der Waals surface area contributed by atoms with Crippen LogP contribution >= 0.6 is 23.2 Å². The summed E-state index contributed by atoms with van der Waals surface area (Å²) in [5.74, 6) is -0.872. The molecule has 0 aromatic heterocycles. The zero-order valence-corrected chi connectivity index (χ0v) is 12.7. The van der Waals surface area contributed by atoms with Crippen LogP contribution in [0.3, 0.4) is 0 Å². The summed E-state index contributed by atoms with van der Waals surface area (Å²) in [6, 6.07) is 5.30. The van der Waals surface area contributed by atoms with Crippen molar-refractivity contribution in [1.82, 2.24) is 4.90 Å². The van der Waals surface area contributed by atoms with E-state index in [9.17, 15) is 9.59 Å². The fourth-order valence-corrected chi connectivity index (χ4v) is 2.14. The average Bonchev–Trinajstić information content (AvgIpc) is 2.39. The summed E-state index contributed by atoms with van der Waals surface area (Å²) in [6.45, 7) is 0.386. The topological polar surface area (TPSA) is 57.6 Å². The van der Waals surface area contributed by atoms with Crippen LogP contribution in [0.25, 0.3) is 0 Å². The number of hydrogen-bond acceptors (Lipinski definition) is 2. The Morgan fingerprint density at radius 1 is 1.20 bits per heavy atom. The maximum Gasteiger partial charge on any atom is 0.303 e. The van der Waals surface area contributed by atoms with E-state index in [0.29, 0.717) is 35.9 Å². The molecule has 1 aromatic carbocycles. The van der Waals surface area contributed by atoms with Gasteiger partial charge in [-0.1, -0.05) is 35.3 Å². The lowest BCUT2D eigenvalue weighted by Gasteiger charge is -2.18. The molecule has 110 valence electrons. The third-order valence-corrected chi connectivity index (χ3v) is 3.75. The number of benzene rings is 1. The minimum atomic E-state index is -0.837. The lowest BCUT2D eigenvalue weighted by molar-refractivity contribution is -0.137. The Balaban J connectivity index is 2.45. The van der Waals surface area contributed by atoms with E-state index in [4.69, 9.17) is 28.3 Å². The number of aliphatic carboxylic acids is 1. The van der Waals surface area contributed by atoms with Gasteiger partial charge in [-0.15, -0.1) is 0 Å². The van der Waals surface area contributed by atoms with Crippen LogP contribution in [0.4, 0.5) is 0 Å². The second kappa shape index (κ2) is 8.12. The summed E-state index contributed by atoms with van der Waals surface area (Å²) in [5, 5.41) is 9.44. The molecule has 0 aliphatic heterocycles. The van der Waals surface area contributed by atoms with Crippen molar-refractivity contribution >= 4 is 35.1 Å². The molecule has 1 rings (SSSR count). The third kappa shape index (κ3) is 5.39. The number of carboxylic acids is 1. The number of hydrogen-bond donors (Lipinski definition) is 1. The first-order chi connectivity index (χ1) is 9.41. The molecule has 1 aromatic rings. The molecule has 0 heterocycles. The van der Waals surface area contributed by atoms with Gasteiger partial charge in [-0.3, -0.25) is 9.59 Å². The van der Waals surface area contributed by atoms with E-state index >= 15 is 0 Å². The predicted octanol–water partition coefficient (Wildman–Crippen LogP) is 3.60. The van der Waals surface area contributed by atoms with Crippen molar-refractivity contribution in [2.24, 2.45) is 0 Å². The van der Waals surface area contributed by atoms with Gasteiger partial charge in [-0.05, 0) is 24.5 Å². The highest BCUT2D eigenvalue weighted by Crippen LogP contribution is 2.26. The van der Waals surface area contributed by atoms with Crippen LogP contribution in [0.15, 0.2) is 18.2 Å². The number of nitrogens with zero attached hydrogens (tertiary/aromatic N) is 1. The number of carbonyl (C=O) groups is 2. The Bertz CT molecular complexity index is 491. The smallest absolute Gasteiger partial charge is 0.303 e. The lowest BCUT2D eigenvalue weighted by Crippen LogP contribution is -2.26. The SMILES string of the molecule is CN(Cc1cccc(Cl)c1Cl)C(=O)CCCCC(=O)O. The lowest BCUT2D eigenvalue weighted by atomic mass is 10.1. The van der Waals surface area contributed by atoms with Gasteiger partial charge in [0.05, 0.1) is 10.0 Å². The zero-order valence-electron chi connectivity index (χ0n) is 11.2. The highest BCUT2D eigenvalue weighted by atomic mass is 35.5. The van der Waals surface area contributed by atoms with Gasteiger partial charge in [0.15, 0.2) is 0 Å². The molecule has 0 spiro atoms. The quantitative estimate of drug-likeness (QED) is 0.782. The van der Waals surface area contributed by atoms with Gasteiger partial charge in [0, 0.05) is 26.4 Å². The minimum absolute atomic E-state index is 0.0357. The normalized spacial score (nSPS) is 10.3. The van der Waals surface area contributed by atoms with Crippen LogP contribution in [-0.4, -0.2) is 28.9 Å². The molecule has 1 N–H and O–H groups in total. The first kappa shape index (κ1) is 16.8. The number of carbonyl (C=O) groups excluding carboxylic acids is 1. The Kier molecular flexibility index (Phi) is 6.82. The molecule has 0 aliphatic rings. The Morgan fingerprint density at radius 2 is 1.85 bits per heavy atom. The van der Waals surface area contributed by atoms with Gasteiger partial charge in [-0.2, -0.15) is 0 Å². The van der Waals surface area contributed by atoms with Crippen molar-refractivity contribution in [1.29, 1.82) is 0 Å².